The van der Waals surface area contributed by atoms with E-state index in [1.807, 2.05) is 0 Å². The fourth-order valence-electron chi connectivity index (χ4n) is 1.18. The van der Waals surface area contributed by atoms with E-state index < -0.39 is 78.6 Å². The minimum Gasteiger partial charge on any atom is -0.382 e. The molecule has 0 saturated carbocycles. The monoisotopic (exact) mass is 562 g/mol. The van der Waals surface area contributed by atoms with Crippen molar-refractivity contribution in [2.45, 2.75) is 84.3 Å². The van der Waals surface area contributed by atoms with Gasteiger partial charge < -0.3 is 49.6 Å². The van der Waals surface area contributed by atoms with E-state index in [4.69, 9.17) is 10.2 Å². The Morgan fingerprint density at radius 1 is 0.421 bits per heavy atom. The van der Waals surface area contributed by atoms with E-state index in [1.54, 1.807) is 0 Å². The molecule has 6 N–H and O–H groups in total. The van der Waals surface area contributed by atoms with Crippen LogP contribution in [0.1, 0.15) is 41.5 Å². The number of esters is 4. The van der Waals surface area contributed by atoms with Crippen molar-refractivity contribution in [1.29, 1.82) is 0 Å². The highest BCUT2D eigenvalue weighted by atomic mass is 17.5. The summed E-state index contributed by atoms with van der Waals surface area (Å²) in [5.41, 5.74) is 0. The lowest BCUT2D eigenvalue weighted by atomic mass is 10.4. The normalized spacial score (nSPS) is 16.7. The molecule has 0 spiro atoms. The summed E-state index contributed by atoms with van der Waals surface area (Å²) in [6.45, 7) is 5.99. The molecule has 0 aromatic rings. The second-order valence-electron chi connectivity index (χ2n) is 7.11. The van der Waals surface area contributed by atoms with Gasteiger partial charge in [-0.1, -0.05) is 0 Å². The van der Waals surface area contributed by atoms with Crippen LogP contribution in [0.2, 0.25) is 0 Å². The number of ether oxygens (including phenoxy) is 4. The molecular weight excluding hydrogens is 532 g/mol. The zero-order chi connectivity index (χ0) is 30.4. The SMILES string of the molecule is CC(O)C(=O)OC(OC(=O)C(C)O)(OC(=O)C(C)O)OC(=O)C(C)O.CC(O)C(=O)OOOC(=O)C(C)O. The molecule has 0 rings (SSSR count). The Morgan fingerprint density at radius 3 is 0.763 bits per heavy atom. The van der Waals surface area contributed by atoms with Gasteiger partial charge in [0.15, 0.2) is 12.2 Å². The highest BCUT2D eigenvalue weighted by Gasteiger charge is 2.52. The molecule has 0 aromatic heterocycles. The van der Waals surface area contributed by atoms with Gasteiger partial charge in [-0.2, -0.15) is 0 Å². The van der Waals surface area contributed by atoms with Crippen molar-refractivity contribution >= 4 is 35.8 Å². The van der Waals surface area contributed by atoms with Crippen LogP contribution in [0.5, 0.6) is 0 Å². The Bertz CT molecular complexity index is 699. The Kier molecular flexibility index (Phi) is 16.5. The fraction of sp³-hybridized carbons (Fsp3) is 0.684. The van der Waals surface area contributed by atoms with E-state index in [0.29, 0.717) is 0 Å². The highest BCUT2D eigenvalue weighted by Crippen LogP contribution is 2.22. The zero-order valence-electron chi connectivity index (χ0n) is 21.0. The smallest absolute Gasteiger partial charge is 0.382 e. The van der Waals surface area contributed by atoms with E-state index in [9.17, 15) is 49.2 Å². The minimum atomic E-state index is -3.52. The van der Waals surface area contributed by atoms with E-state index in [1.165, 1.54) is 0 Å². The van der Waals surface area contributed by atoms with Crippen LogP contribution in [-0.2, 0) is 62.5 Å². The maximum atomic E-state index is 11.6. The van der Waals surface area contributed by atoms with Crippen LogP contribution in [-0.4, -0.2) is 109 Å². The maximum Gasteiger partial charge on any atom is 0.620 e. The molecular formula is C19H30O19. The third kappa shape index (κ3) is 14.9. The molecule has 19 heteroatoms. The predicted molar refractivity (Wildman–Crippen MR) is 110 cm³/mol. The van der Waals surface area contributed by atoms with E-state index >= 15 is 0 Å². The molecule has 0 bridgehead atoms. The molecule has 0 radical (unpaired) electrons. The topological polar surface area (TPSA) is 288 Å². The Hall–Kier alpha value is -3.46. The molecule has 6 unspecified atom stereocenters. The van der Waals surface area contributed by atoms with Gasteiger partial charge in [0.25, 0.3) is 0 Å². The molecule has 38 heavy (non-hydrogen) atoms. The van der Waals surface area contributed by atoms with Crippen LogP contribution in [0, 0.1) is 0 Å². The first kappa shape index (κ1) is 36.7. The molecule has 0 aromatic carbocycles. The van der Waals surface area contributed by atoms with Crippen LogP contribution < -0.4 is 0 Å². The number of aliphatic hydroxyl groups excluding tert-OH is 6. The van der Waals surface area contributed by atoms with Crippen molar-refractivity contribution < 1.29 is 93.2 Å². The largest absolute Gasteiger partial charge is 0.620 e. The molecule has 0 fully saturated rings. The highest BCUT2D eigenvalue weighted by molar-refractivity contribution is 5.79. The number of carbonyl (C=O) groups is 6. The van der Waals surface area contributed by atoms with Gasteiger partial charge in [0.05, 0.1) is 0 Å². The average molecular weight is 562 g/mol. The Balaban J connectivity index is 0. The van der Waals surface area contributed by atoms with Crippen molar-refractivity contribution in [3.63, 3.8) is 0 Å². The third-order valence-electron chi connectivity index (χ3n) is 3.18. The van der Waals surface area contributed by atoms with Crippen molar-refractivity contribution in [2.24, 2.45) is 0 Å². The number of rotatable bonds is 12. The van der Waals surface area contributed by atoms with Crippen LogP contribution in [0.3, 0.4) is 0 Å². The van der Waals surface area contributed by atoms with E-state index in [0.717, 1.165) is 41.5 Å². The molecule has 6 atom stereocenters. The van der Waals surface area contributed by atoms with Gasteiger partial charge in [-0.15, -0.1) is 0 Å². The average Bonchev–Trinajstić information content (AvgIpc) is 2.78. The van der Waals surface area contributed by atoms with Crippen molar-refractivity contribution in [2.75, 3.05) is 0 Å². The first-order valence-electron chi connectivity index (χ1n) is 10.3. The summed E-state index contributed by atoms with van der Waals surface area (Å²) in [7, 11) is 0. The second-order valence-corrected chi connectivity index (χ2v) is 7.11. The van der Waals surface area contributed by atoms with E-state index in [2.05, 4.69) is 33.8 Å². The quantitative estimate of drug-likeness (QED) is 0.0571. The lowest BCUT2D eigenvalue weighted by molar-refractivity contribution is -0.462. The summed E-state index contributed by atoms with van der Waals surface area (Å²) < 4.78 is 17.6. The Morgan fingerprint density at radius 2 is 0.605 bits per heavy atom. The van der Waals surface area contributed by atoms with Crippen LogP contribution >= 0.6 is 0 Å². The van der Waals surface area contributed by atoms with Gasteiger partial charge in [-0.25, -0.2) is 28.8 Å². The standard InChI is InChI=1S/C13H20O12.C6H10O7/c1-5(14)9(18)22-13(23-10(19)6(2)15,24-11(20)7(3)16)25-12(21)8(4)17;1-3(7)5(9)11-13-12-6(10)4(2)8/h5-8,14-17H,1-4H3;3-4,7-8H,1-2H3. The summed E-state index contributed by atoms with van der Waals surface area (Å²) in [6, 6.07) is 0. The molecule has 0 saturated heterocycles. The number of hydrogen-bond acceptors (Lipinski definition) is 19. The number of carbonyl (C=O) groups excluding carboxylic acids is 6. The van der Waals surface area contributed by atoms with Gasteiger partial charge >= 0.3 is 42.0 Å². The number of aliphatic hydroxyl groups is 6. The lowest BCUT2D eigenvalue weighted by Gasteiger charge is -2.30. The summed E-state index contributed by atoms with van der Waals surface area (Å²) >= 11 is 0. The van der Waals surface area contributed by atoms with Crippen molar-refractivity contribution in [1.82, 2.24) is 0 Å². The van der Waals surface area contributed by atoms with Gasteiger partial charge in [0, 0.05) is 5.04 Å². The molecule has 19 nitrogen and oxygen atoms in total. The summed E-state index contributed by atoms with van der Waals surface area (Å²) in [4.78, 5) is 74.8. The second kappa shape index (κ2) is 17.1. The van der Waals surface area contributed by atoms with Crippen molar-refractivity contribution in [3.8, 4) is 0 Å². The zero-order valence-corrected chi connectivity index (χ0v) is 21.0. The van der Waals surface area contributed by atoms with Gasteiger partial charge in [-0.05, 0) is 41.5 Å². The Labute approximate surface area is 214 Å². The molecule has 220 valence electrons. The molecule has 0 aliphatic heterocycles. The molecule has 0 aliphatic carbocycles. The fourth-order valence-corrected chi connectivity index (χ4v) is 1.18. The first-order chi connectivity index (χ1) is 17.3. The van der Waals surface area contributed by atoms with E-state index in [-0.39, 0.29) is 0 Å². The summed E-state index contributed by atoms with van der Waals surface area (Å²) in [5.74, 6) is -8.47. The van der Waals surface area contributed by atoms with Crippen LogP contribution in [0.15, 0.2) is 0 Å². The van der Waals surface area contributed by atoms with Gasteiger partial charge in [0.1, 0.15) is 24.4 Å². The molecule has 0 aliphatic rings. The minimum absolute atomic E-state index is 0.927. The number of hydrogen-bond donors (Lipinski definition) is 6. The molecule has 0 amide bonds. The van der Waals surface area contributed by atoms with Crippen molar-refractivity contribution in [3.05, 3.63) is 0 Å². The van der Waals surface area contributed by atoms with Crippen LogP contribution in [0.4, 0.5) is 0 Å². The first-order valence-corrected chi connectivity index (χ1v) is 10.3. The maximum absolute atomic E-state index is 11.6. The third-order valence-corrected chi connectivity index (χ3v) is 3.18. The van der Waals surface area contributed by atoms with Gasteiger partial charge in [0.2, 0.25) is 0 Å². The van der Waals surface area contributed by atoms with Gasteiger partial charge in [-0.3, -0.25) is 9.78 Å². The summed E-state index contributed by atoms with van der Waals surface area (Å²) in [6.07, 6.45) is -13.6. The molecule has 0 heterocycles. The van der Waals surface area contributed by atoms with Crippen LogP contribution in [0.25, 0.3) is 0 Å². The summed E-state index contributed by atoms with van der Waals surface area (Å²) in [5, 5.41) is 57.4. The predicted octanol–water partition coefficient (Wildman–Crippen LogP) is -4.03. The lowest BCUT2D eigenvalue weighted by Crippen LogP contribution is -2.52.